The van der Waals surface area contributed by atoms with Crippen LogP contribution in [-0.2, 0) is 0 Å². The fourth-order valence-electron chi connectivity index (χ4n) is 5.59. The van der Waals surface area contributed by atoms with Gasteiger partial charge >= 0.3 is 6.01 Å². The van der Waals surface area contributed by atoms with Crippen LogP contribution in [0.4, 0.5) is 20.5 Å². The number of aromatic nitrogens is 2. The predicted molar refractivity (Wildman–Crippen MR) is 143 cm³/mol. The van der Waals surface area contributed by atoms with Gasteiger partial charge < -0.3 is 10.2 Å². The average Bonchev–Trinajstić information content (AvgIpc) is 3.33. The fraction of sp³-hybridized carbons (Fsp3) is 0.267. The van der Waals surface area contributed by atoms with E-state index >= 15 is 4.39 Å². The molecule has 196 valence electrons. The quantitative estimate of drug-likeness (QED) is 0.280. The Morgan fingerprint density at radius 2 is 1.82 bits per heavy atom. The molecule has 2 heterocycles. The van der Waals surface area contributed by atoms with E-state index < -0.39 is 17.4 Å². The summed E-state index contributed by atoms with van der Waals surface area (Å²) in [5, 5.41) is 17.1. The summed E-state index contributed by atoms with van der Waals surface area (Å²) in [4.78, 5) is 5.72. The van der Waals surface area contributed by atoms with Gasteiger partial charge in [0.05, 0.1) is 24.2 Å². The van der Waals surface area contributed by atoms with Crippen molar-refractivity contribution in [2.45, 2.75) is 31.5 Å². The fourth-order valence-corrected chi connectivity index (χ4v) is 5.59. The molecule has 5 rings (SSSR count). The lowest BCUT2D eigenvalue weighted by Crippen LogP contribution is -2.53. The van der Waals surface area contributed by atoms with Gasteiger partial charge in [0.15, 0.2) is 5.69 Å². The number of anilines is 1. The van der Waals surface area contributed by atoms with E-state index in [9.17, 15) is 9.65 Å². The highest BCUT2D eigenvalue weighted by Crippen LogP contribution is 2.46. The number of nitrogen functional groups attached to an aromatic ring is 1. The molecule has 3 aromatic carbocycles. The first kappa shape index (κ1) is 26.0. The summed E-state index contributed by atoms with van der Waals surface area (Å²) in [5.41, 5.74) is 7.81. The maximum atomic E-state index is 15.6. The van der Waals surface area contributed by atoms with Crippen LogP contribution in [0.3, 0.4) is 0 Å². The van der Waals surface area contributed by atoms with E-state index in [0.29, 0.717) is 35.8 Å². The van der Waals surface area contributed by atoms with E-state index in [4.69, 9.17) is 16.7 Å². The highest BCUT2D eigenvalue weighted by Gasteiger charge is 2.45. The minimum Gasteiger partial charge on any atom is -0.404 e. The zero-order chi connectivity index (χ0) is 27.7. The monoisotopic (exact) mass is 524 g/mol. The van der Waals surface area contributed by atoms with Gasteiger partial charge in [0.25, 0.3) is 0 Å². The van der Waals surface area contributed by atoms with Gasteiger partial charge in [-0.3, -0.25) is 4.90 Å². The first-order valence-electron chi connectivity index (χ1n) is 12.5. The summed E-state index contributed by atoms with van der Waals surface area (Å²) in [5.74, 6) is -0.959. The molecule has 1 fully saturated rings. The third kappa shape index (κ3) is 5.36. The topological polar surface area (TPSA) is 96.3 Å². The first-order chi connectivity index (χ1) is 18.7. The number of rotatable bonds is 7. The molecule has 1 aliphatic rings. The SMILES string of the molecule is [C-]#[N+]c1ccc(C(c2cccc(-c3nnc(N)o3)c2)N2CC([C@@H](c3cc(F)cc(C#N)c3)C(C)(C)F)C2)cc1. The molecule has 1 aliphatic heterocycles. The molecule has 4 aromatic rings. The van der Waals surface area contributed by atoms with Crippen molar-refractivity contribution in [2.75, 3.05) is 18.8 Å². The summed E-state index contributed by atoms with van der Waals surface area (Å²) >= 11 is 0. The molecule has 39 heavy (non-hydrogen) atoms. The van der Waals surface area contributed by atoms with Crippen molar-refractivity contribution in [3.05, 3.63) is 106 Å². The second-order valence-corrected chi connectivity index (χ2v) is 10.3. The molecule has 2 atom stereocenters. The number of hydrogen-bond donors (Lipinski definition) is 1. The molecule has 0 radical (unpaired) electrons. The standard InChI is InChI=1S/C30H26F2N6O/c1-30(2,32)26(22-11-18(15-33)12-24(31)14-22)23-16-38(17-23)27(19-7-9-25(35-3)10-8-19)20-5-4-6-21(13-20)28-36-37-29(34)39-28/h4-14,23,26-27H,16-17H2,1-2H3,(H2,34,37)/t26-,27?/m1/s1. The Kier molecular flexibility index (Phi) is 6.86. The molecule has 0 amide bonds. The molecule has 1 saturated heterocycles. The van der Waals surface area contributed by atoms with Gasteiger partial charge in [-0.05, 0) is 66.8 Å². The number of nitriles is 1. The van der Waals surface area contributed by atoms with Crippen molar-refractivity contribution in [3.63, 3.8) is 0 Å². The van der Waals surface area contributed by atoms with Crippen LogP contribution < -0.4 is 5.73 Å². The summed E-state index contributed by atoms with van der Waals surface area (Å²) < 4.78 is 35.3. The summed E-state index contributed by atoms with van der Waals surface area (Å²) in [6.07, 6.45) is 0. The average molecular weight is 525 g/mol. The second kappa shape index (κ2) is 10.3. The Labute approximate surface area is 225 Å². The second-order valence-electron chi connectivity index (χ2n) is 10.3. The number of nitrogens with zero attached hydrogens (tertiary/aromatic N) is 5. The minimum atomic E-state index is -1.64. The van der Waals surface area contributed by atoms with Gasteiger partial charge in [-0.2, -0.15) is 5.26 Å². The van der Waals surface area contributed by atoms with Crippen LogP contribution in [0.5, 0.6) is 0 Å². The van der Waals surface area contributed by atoms with Crippen molar-refractivity contribution in [1.82, 2.24) is 15.1 Å². The van der Waals surface area contributed by atoms with Crippen molar-refractivity contribution in [1.29, 1.82) is 5.26 Å². The van der Waals surface area contributed by atoms with E-state index in [1.165, 1.54) is 19.9 Å². The van der Waals surface area contributed by atoms with Crippen molar-refractivity contribution < 1.29 is 13.2 Å². The van der Waals surface area contributed by atoms with Crippen molar-refractivity contribution >= 4 is 11.7 Å². The highest BCUT2D eigenvalue weighted by molar-refractivity contribution is 5.56. The van der Waals surface area contributed by atoms with Crippen LogP contribution in [0.15, 0.2) is 71.1 Å². The van der Waals surface area contributed by atoms with E-state index in [0.717, 1.165) is 17.2 Å². The number of nitrogens with two attached hydrogens (primary N) is 1. The predicted octanol–water partition coefficient (Wildman–Crippen LogP) is 6.43. The molecule has 0 spiro atoms. The minimum absolute atomic E-state index is 0.0240. The Balaban J connectivity index is 1.49. The van der Waals surface area contributed by atoms with E-state index in [-0.39, 0.29) is 23.5 Å². The number of halogens is 2. The smallest absolute Gasteiger partial charge is 0.313 e. The van der Waals surface area contributed by atoms with Gasteiger partial charge in [-0.15, -0.1) is 5.10 Å². The number of benzene rings is 3. The van der Waals surface area contributed by atoms with Crippen LogP contribution >= 0.6 is 0 Å². The Bertz CT molecular complexity index is 1570. The largest absolute Gasteiger partial charge is 0.404 e. The van der Waals surface area contributed by atoms with E-state index in [2.05, 4.69) is 19.9 Å². The van der Waals surface area contributed by atoms with Crippen LogP contribution in [-0.4, -0.2) is 33.9 Å². The van der Waals surface area contributed by atoms with Gasteiger partial charge in [0.2, 0.25) is 5.89 Å². The van der Waals surface area contributed by atoms with Crippen LogP contribution in [0.1, 0.15) is 48.1 Å². The van der Waals surface area contributed by atoms with Crippen LogP contribution in [0, 0.1) is 29.6 Å². The maximum Gasteiger partial charge on any atom is 0.313 e. The summed E-state index contributed by atoms with van der Waals surface area (Å²) in [6.45, 7) is 11.4. The Morgan fingerprint density at radius 3 is 2.44 bits per heavy atom. The maximum absolute atomic E-state index is 15.6. The molecule has 9 heteroatoms. The third-order valence-corrected chi connectivity index (χ3v) is 7.15. The molecule has 1 aromatic heterocycles. The number of likely N-dealkylation sites (tertiary alicyclic amines) is 1. The Hall–Kier alpha value is -4.60. The van der Waals surface area contributed by atoms with Gasteiger partial charge in [-0.25, -0.2) is 13.6 Å². The normalized spacial score (nSPS) is 15.6. The zero-order valence-electron chi connectivity index (χ0n) is 21.5. The molecule has 7 nitrogen and oxygen atoms in total. The highest BCUT2D eigenvalue weighted by atomic mass is 19.1. The van der Waals surface area contributed by atoms with E-state index in [1.807, 2.05) is 42.5 Å². The summed E-state index contributed by atoms with van der Waals surface area (Å²) in [7, 11) is 0. The van der Waals surface area contributed by atoms with Crippen molar-refractivity contribution in [3.8, 4) is 17.5 Å². The lowest BCUT2D eigenvalue weighted by atomic mass is 9.72. The lowest BCUT2D eigenvalue weighted by Gasteiger charge is -2.50. The van der Waals surface area contributed by atoms with E-state index in [1.54, 1.807) is 18.2 Å². The molecular formula is C30H26F2N6O. The zero-order valence-corrected chi connectivity index (χ0v) is 21.5. The third-order valence-electron chi connectivity index (χ3n) is 7.15. The molecule has 0 aliphatic carbocycles. The van der Waals surface area contributed by atoms with Gasteiger partial charge in [0.1, 0.15) is 11.5 Å². The van der Waals surface area contributed by atoms with Crippen molar-refractivity contribution in [2.24, 2.45) is 5.92 Å². The van der Waals surface area contributed by atoms with Crippen LogP contribution in [0.2, 0.25) is 0 Å². The molecule has 0 saturated carbocycles. The lowest BCUT2D eigenvalue weighted by molar-refractivity contribution is 0.00813. The first-order valence-corrected chi connectivity index (χ1v) is 12.5. The van der Waals surface area contributed by atoms with Crippen LogP contribution in [0.25, 0.3) is 16.3 Å². The number of alkyl halides is 1. The molecular weight excluding hydrogens is 498 g/mol. The summed E-state index contributed by atoms with van der Waals surface area (Å²) in [6, 6.07) is 20.9. The molecule has 2 N–H and O–H groups in total. The molecule has 0 bridgehead atoms. The molecule has 1 unspecified atom stereocenters. The Morgan fingerprint density at radius 1 is 1.08 bits per heavy atom. The van der Waals surface area contributed by atoms with Gasteiger partial charge in [-0.1, -0.05) is 41.5 Å². The number of hydrogen-bond acceptors (Lipinski definition) is 6. The van der Waals surface area contributed by atoms with Gasteiger partial charge in [0, 0.05) is 24.6 Å².